The van der Waals surface area contributed by atoms with Gasteiger partial charge in [0.05, 0.1) is 0 Å². The normalized spacial score (nSPS) is 11.0. The van der Waals surface area contributed by atoms with Crippen molar-refractivity contribution in [2.75, 3.05) is 34.4 Å². The number of ether oxygens (including phenoxy) is 1. The van der Waals surface area contributed by atoms with Crippen LogP contribution in [0.25, 0.3) is 0 Å². The van der Waals surface area contributed by atoms with E-state index in [1.165, 1.54) is 17.5 Å². The summed E-state index contributed by atoms with van der Waals surface area (Å²) in [6, 6.07) is 8.81. The third kappa shape index (κ3) is 9.15. The molecule has 23 heavy (non-hydrogen) atoms. The minimum absolute atomic E-state index is 0. The summed E-state index contributed by atoms with van der Waals surface area (Å²) in [7, 11) is 5.67. The van der Waals surface area contributed by atoms with Crippen LogP contribution in [0.2, 0.25) is 0 Å². The molecule has 0 atom stereocenters. The van der Waals surface area contributed by atoms with Crippen LogP contribution in [0.5, 0.6) is 0 Å². The molecule has 0 aliphatic heterocycles. The molecule has 1 N–H and O–H groups in total. The average Bonchev–Trinajstić information content (AvgIpc) is 2.55. The lowest BCUT2D eigenvalue weighted by Crippen LogP contribution is -2.38. The van der Waals surface area contributed by atoms with Crippen molar-refractivity contribution < 1.29 is 4.74 Å². The first-order valence-electron chi connectivity index (χ1n) is 8.19. The van der Waals surface area contributed by atoms with Gasteiger partial charge in [-0.25, -0.2) is 0 Å². The van der Waals surface area contributed by atoms with Crippen LogP contribution in [-0.4, -0.2) is 45.2 Å². The van der Waals surface area contributed by atoms with Crippen molar-refractivity contribution in [3.8, 4) is 0 Å². The molecule has 0 unspecified atom stereocenters. The molecule has 1 aromatic carbocycles. The Hall–Kier alpha value is -0.820. The summed E-state index contributed by atoms with van der Waals surface area (Å²) in [5, 5.41) is 3.42. The van der Waals surface area contributed by atoms with Gasteiger partial charge in [-0.2, -0.15) is 0 Å². The Morgan fingerprint density at radius 3 is 2.35 bits per heavy atom. The number of unbranched alkanes of at least 4 members (excludes halogenated alkanes) is 2. The number of guanidine groups is 1. The number of halogens is 1. The number of rotatable bonds is 9. The summed E-state index contributed by atoms with van der Waals surface area (Å²) in [4.78, 5) is 6.52. The van der Waals surface area contributed by atoms with Gasteiger partial charge in [-0.15, -0.1) is 24.0 Å². The lowest BCUT2D eigenvalue weighted by Gasteiger charge is -2.22. The number of hydrogen-bond acceptors (Lipinski definition) is 2. The van der Waals surface area contributed by atoms with Gasteiger partial charge in [0.1, 0.15) is 0 Å². The van der Waals surface area contributed by atoms with E-state index in [1.54, 1.807) is 7.11 Å². The lowest BCUT2D eigenvalue weighted by molar-refractivity contribution is 0.192. The van der Waals surface area contributed by atoms with E-state index >= 15 is 0 Å². The van der Waals surface area contributed by atoms with Crippen LogP contribution in [0, 0.1) is 0 Å². The molecular formula is C18H32IN3O. The number of aliphatic imine (C=N–C) groups is 1. The summed E-state index contributed by atoms with van der Waals surface area (Å²) in [5.74, 6) is 0.950. The molecule has 1 rings (SSSR count). The van der Waals surface area contributed by atoms with Crippen molar-refractivity contribution in [3.05, 3.63) is 35.4 Å². The maximum Gasteiger partial charge on any atom is 0.193 e. The summed E-state index contributed by atoms with van der Waals surface area (Å²) in [5.41, 5.74) is 2.69. The van der Waals surface area contributed by atoms with Gasteiger partial charge in [0, 0.05) is 40.9 Å². The van der Waals surface area contributed by atoms with Crippen molar-refractivity contribution in [3.63, 3.8) is 0 Å². The highest BCUT2D eigenvalue weighted by Gasteiger charge is 2.06. The van der Waals surface area contributed by atoms with Crippen molar-refractivity contribution in [2.45, 2.75) is 39.2 Å². The standard InChI is InChI=1S/C18H31N3O.HI/c1-5-16-9-11-17(12-10-16)15-21(3)18(19-2)20-13-7-6-8-14-22-4;/h9-12H,5-8,13-15H2,1-4H3,(H,19,20);1H. The Morgan fingerprint density at radius 1 is 1.13 bits per heavy atom. The summed E-state index contributed by atoms with van der Waals surface area (Å²) in [6.45, 7) is 4.85. The van der Waals surface area contributed by atoms with Crippen molar-refractivity contribution in [2.24, 2.45) is 4.99 Å². The van der Waals surface area contributed by atoms with E-state index < -0.39 is 0 Å². The molecule has 132 valence electrons. The molecule has 1 aromatic rings. The predicted molar refractivity (Wildman–Crippen MR) is 110 cm³/mol. The van der Waals surface area contributed by atoms with Crippen molar-refractivity contribution in [1.82, 2.24) is 10.2 Å². The van der Waals surface area contributed by atoms with Gasteiger partial charge < -0.3 is 15.0 Å². The molecule has 5 heteroatoms. The van der Waals surface area contributed by atoms with E-state index in [0.717, 1.165) is 44.9 Å². The first-order valence-corrected chi connectivity index (χ1v) is 8.19. The average molecular weight is 433 g/mol. The van der Waals surface area contributed by atoms with Gasteiger partial charge in [0.15, 0.2) is 5.96 Å². The Morgan fingerprint density at radius 2 is 1.78 bits per heavy atom. The summed E-state index contributed by atoms with van der Waals surface area (Å²) < 4.78 is 5.06. The third-order valence-corrected chi connectivity index (χ3v) is 3.73. The van der Waals surface area contributed by atoms with E-state index in [1.807, 2.05) is 7.05 Å². The predicted octanol–water partition coefficient (Wildman–Crippen LogP) is 3.69. The molecule has 0 aliphatic carbocycles. The molecule has 0 heterocycles. The van der Waals surface area contributed by atoms with Crippen molar-refractivity contribution in [1.29, 1.82) is 0 Å². The van der Waals surface area contributed by atoms with Crippen LogP contribution < -0.4 is 5.32 Å². The second kappa shape index (κ2) is 13.6. The zero-order chi connectivity index (χ0) is 16.2. The van der Waals surface area contributed by atoms with E-state index in [0.29, 0.717) is 0 Å². The highest BCUT2D eigenvalue weighted by atomic mass is 127. The number of benzene rings is 1. The first kappa shape index (κ1) is 22.2. The Balaban J connectivity index is 0.00000484. The van der Waals surface area contributed by atoms with Crippen LogP contribution >= 0.6 is 24.0 Å². The van der Waals surface area contributed by atoms with Gasteiger partial charge in [-0.1, -0.05) is 31.2 Å². The maximum atomic E-state index is 5.06. The Bertz CT molecular complexity index is 434. The molecule has 0 radical (unpaired) electrons. The monoisotopic (exact) mass is 433 g/mol. The summed E-state index contributed by atoms with van der Waals surface area (Å²) in [6.07, 6.45) is 4.53. The third-order valence-electron chi connectivity index (χ3n) is 3.73. The Labute approximate surface area is 158 Å². The van der Waals surface area contributed by atoms with Gasteiger partial charge in [0.25, 0.3) is 0 Å². The fraction of sp³-hybridized carbons (Fsp3) is 0.611. The van der Waals surface area contributed by atoms with Crippen LogP contribution in [-0.2, 0) is 17.7 Å². The minimum atomic E-state index is 0. The van der Waals surface area contributed by atoms with Crippen LogP contribution in [0.4, 0.5) is 0 Å². The highest BCUT2D eigenvalue weighted by Crippen LogP contribution is 2.07. The van der Waals surface area contributed by atoms with Crippen LogP contribution in [0.3, 0.4) is 0 Å². The van der Waals surface area contributed by atoms with E-state index in [9.17, 15) is 0 Å². The smallest absolute Gasteiger partial charge is 0.193 e. The van der Waals surface area contributed by atoms with Crippen molar-refractivity contribution >= 4 is 29.9 Å². The van der Waals surface area contributed by atoms with Gasteiger partial charge in [-0.3, -0.25) is 4.99 Å². The van der Waals surface area contributed by atoms with E-state index in [4.69, 9.17) is 4.74 Å². The van der Waals surface area contributed by atoms with Gasteiger partial charge in [0.2, 0.25) is 0 Å². The fourth-order valence-corrected chi connectivity index (χ4v) is 2.36. The fourth-order valence-electron chi connectivity index (χ4n) is 2.36. The van der Waals surface area contributed by atoms with Crippen LogP contribution in [0.1, 0.15) is 37.3 Å². The number of nitrogens with zero attached hydrogens (tertiary/aromatic N) is 2. The minimum Gasteiger partial charge on any atom is -0.385 e. The zero-order valence-electron chi connectivity index (χ0n) is 15.0. The molecule has 0 aliphatic rings. The van der Waals surface area contributed by atoms with Crippen LogP contribution in [0.15, 0.2) is 29.3 Å². The molecule has 0 saturated carbocycles. The van der Waals surface area contributed by atoms with E-state index in [-0.39, 0.29) is 24.0 Å². The zero-order valence-corrected chi connectivity index (χ0v) is 17.3. The quantitative estimate of drug-likeness (QED) is 0.279. The molecule has 0 amide bonds. The molecule has 0 fully saturated rings. The molecule has 0 bridgehead atoms. The highest BCUT2D eigenvalue weighted by molar-refractivity contribution is 14.0. The second-order valence-electron chi connectivity index (χ2n) is 5.55. The topological polar surface area (TPSA) is 36.9 Å². The lowest BCUT2D eigenvalue weighted by atomic mass is 10.1. The number of hydrogen-bond donors (Lipinski definition) is 1. The number of nitrogens with one attached hydrogen (secondary N) is 1. The molecule has 0 aromatic heterocycles. The second-order valence-corrected chi connectivity index (χ2v) is 5.55. The first-order chi connectivity index (χ1) is 10.7. The largest absolute Gasteiger partial charge is 0.385 e. The molecule has 0 spiro atoms. The summed E-state index contributed by atoms with van der Waals surface area (Å²) >= 11 is 0. The molecule has 0 saturated heterocycles. The van der Waals surface area contributed by atoms with Gasteiger partial charge >= 0.3 is 0 Å². The molecular weight excluding hydrogens is 401 g/mol. The SMILES string of the molecule is CCc1ccc(CN(C)C(=NC)NCCCCCOC)cc1.I. The maximum absolute atomic E-state index is 5.06. The number of methoxy groups -OCH3 is 1. The molecule has 4 nitrogen and oxygen atoms in total. The van der Waals surface area contributed by atoms with E-state index in [2.05, 4.69) is 53.4 Å². The van der Waals surface area contributed by atoms with Gasteiger partial charge in [-0.05, 0) is 36.8 Å². The number of aryl methyl sites for hydroxylation is 1. The Kier molecular flexibility index (Phi) is 13.1.